The van der Waals surface area contributed by atoms with E-state index in [-0.39, 0.29) is 18.1 Å². The van der Waals surface area contributed by atoms with E-state index in [0.717, 1.165) is 11.1 Å². The highest BCUT2D eigenvalue weighted by atomic mass is 16.5. The molecule has 0 spiro atoms. The van der Waals surface area contributed by atoms with Crippen LogP contribution in [0.25, 0.3) is 0 Å². The summed E-state index contributed by atoms with van der Waals surface area (Å²) in [5, 5.41) is 22.3. The molecule has 2 aromatic carbocycles. The summed E-state index contributed by atoms with van der Waals surface area (Å²) >= 11 is 0. The number of ether oxygens (including phenoxy) is 1. The van der Waals surface area contributed by atoms with Crippen LogP contribution in [0.3, 0.4) is 0 Å². The third kappa shape index (κ3) is 5.03. The number of nitrogens with zero attached hydrogens (tertiary/aromatic N) is 1. The normalized spacial score (nSPS) is 10.7. The van der Waals surface area contributed by atoms with Crippen LogP contribution in [0.15, 0.2) is 41.5 Å². The van der Waals surface area contributed by atoms with E-state index in [1.54, 1.807) is 6.07 Å². The van der Waals surface area contributed by atoms with E-state index in [1.165, 1.54) is 18.3 Å². The SMILES string of the molecule is Cc1cc(C)cc(OCC(=O)N/N=C/c2ccc(O)c(O)c2)c1. The van der Waals surface area contributed by atoms with Crippen LogP contribution in [-0.2, 0) is 4.79 Å². The summed E-state index contributed by atoms with van der Waals surface area (Å²) in [6.07, 6.45) is 1.36. The zero-order valence-electron chi connectivity index (χ0n) is 12.9. The zero-order valence-corrected chi connectivity index (χ0v) is 12.9. The van der Waals surface area contributed by atoms with Crippen LogP contribution in [-0.4, -0.2) is 28.9 Å². The van der Waals surface area contributed by atoms with Crippen molar-refractivity contribution in [1.82, 2.24) is 5.43 Å². The Morgan fingerprint density at radius 1 is 1.13 bits per heavy atom. The number of hydrogen-bond acceptors (Lipinski definition) is 5. The van der Waals surface area contributed by atoms with Gasteiger partial charge in [-0.25, -0.2) is 5.43 Å². The Morgan fingerprint density at radius 3 is 2.48 bits per heavy atom. The predicted molar refractivity (Wildman–Crippen MR) is 86.9 cm³/mol. The molecule has 0 heterocycles. The summed E-state index contributed by atoms with van der Waals surface area (Å²) in [6.45, 7) is 3.76. The van der Waals surface area contributed by atoms with Crippen molar-refractivity contribution < 1.29 is 19.7 Å². The van der Waals surface area contributed by atoms with Crippen molar-refractivity contribution in [3.63, 3.8) is 0 Å². The molecule has 2 rings (SSSR count). The number of aryl methyl sites for hydroxylation is 2. The van der Waals surface area contributed by atoms with Gasteiger partial charge in [-0.1, -0.05) is 6.07 Å². The lowest BCUT2D eigenvalue weighted by molar-refractivity contribution is -0.123. The molecule has 23 heavy (non-hydrogen) atoms. The largest absolute Gasteiger partial charge is 0.504 e. The molecular formula is C17H18N2O4. The first kappa shape index (κ1) is 16.4. The first-order valence-electron chi connectivity index (χ1n) is 6.99. The predicted octanol–water partition coefficient (Wildman–Crippen LogP) is 2.24. The molecule has 6 heteroatoms. The van der Waals surface area contributed by atoms with Crippen molar-refractivity contribution >= 4 is 12.1 Å². The first-order valence-corrected chi connectivity index (χ1v) is 6.99. The van der Waals surface area contributed by atoms with Gasteiger partial charge >= 0.3 is 0 Å². The maximum absolute atomic E-state index is 11.7. The number of carbonyl (C=O) groups is 1. The molecule has 1 amide bonds. The van der Waals surface area contributed by atoms with Crippen molar-refractivity contribution in [2.45, 2.75) is 13.8 Å². The number of phenolic OH excluding ortho intramolecular Hbond substituents is 2. The maximum Gasteiger partial charge on any atom is 0.277 e. The van der Waals surface area contributed by atoms with Gasteiger partial charge in [-0.05, 0) is 60.9 Å². The molecular weight excluding hydrogens is 296 g/mol. The molecule has 0 aliphatic heterocycles. The minimum atomic E-state index is -0.400. The lowest BCUT2D eigenvalue weighted by Gasteiger charge is -2.07. The van der Waals surface area contributed by atoms with E-state index in [1.807, 2.05) is 32.0 Å². The molecule has 0 aromatic heterocycles. The second-order valence-electron chi connectivity index (χ2n) is 5.15. The van der Waals surface area contributed by atoms with Crippen molar-refractivity contribution in [3.05, 3.63) is 53.1 Å². The number of rotatable bonds is 5. The Bertz CT molecular complexity index is 721. The number of hydrogen-bond donors (Lipinski definition) is 3. The van der Waals surface area contributed by atoms with Crippen LogP contribution < -0.4 is 10.2 Å². The fraction of sp³-hybridized carbons (Fsp3) is 0.176. The highest BCUT2D eigenvalue weighted by molar-refractivity contribution is 5.83. The van der Waals surface area contributed by atoms with Gasteiger partial charge in [-0.2, -0.15) is 5.10 Å². The van der Waals surface area contributed by atoms with Gasteiger partial charge in [0.1, 0.15) is 5.75 Å². The number of aromatic hydroxyl groups is 2. The second-order valence-corrected chi connectivity index (χ2v) is 5.15. The van der Waals surface area contributed by atoms with E-state index in [0.29, 0.717) is 11.3 Å². The van der Waals surface area contributed by atoms with E-state index in [4.69, 9.17) is 4.74 Å². The summed E-state index contributed by atoms with van der Waals surface area (Å²) in [6, 6.07) is 9.94. The standard InChI is InChI=1S/C17H18N2O4/c1-11-5-12(2)7-14(6-11)23-10-17(22)19-18-9-13-3-4-15(20)16(21)8-13/h3-9,20-21H,10H2,1-2H3,(H,19,22)/b18-9+. The van der Waals surface area contributed by atoms with Crippen LogP contribution in [0.5, 0.6) is 17.2 Å². The molecule has 0 radical (unpaired) electrons. The van der Waals surface area contributed by atoms with Gasteiger partial charge in [0.05, 0.1) is 6.21 Å². The van der Waals surface area contributed by atoms with Gasteiger partial charge in [0.15, 0.2) is 18.1 Å². The highest BCUT2D eigenvalue weighted by Crippen LogP contribution is 2.23. The number of nitrogens with one attached hydrogen (secondary N) is 1. The number of carbonyl (C=O) groups excluding carboxylic acids is 1. The monoisotopic (exact) mass is 314 g/mol. The second kappa shape index (κ2) is 7.31. The van der Waals surface area contributed by atoms with Crippen molar-refractivity contribution in [1.29, 1.82) is 0 Å². The Kier molecular flexibility index (Phi) is 5.19. The molecule has 0 atom stereocenters. The average Bonchev–Trinajstić information content (AvgIpc) is 2.48. The number of amides is 1. The molecule has 0 aliphatic carbocycles. The van der Waals surface area contributed by atoms with Gasteiger partial charge in [-0.15, -0.1) is 0 Å². The number of benzene rings is 2. The van der Waals surface area contributed by atoms with Crippen LogP contribution in [0.4, 0.5) is 0 Å². The van der Waals surface area contributed by atoms with Crippen LogP contribution >= 0.6 is 0 Å². The summed E-state index contributed by atoms with van der Waals surface area (Å²) in [5.41, 5.74) is 4.99. The summed E-state index contributed by atoms with van der Waals surface area (Å²) in [4.78, 5) is 11.7. The summed E-state index contributed by atoms with van der Waals surface area (Å²) in [5.74, 6) is -0.236. The van der Waals surface area contributed by atoms with Gasteiger partial charge in [0.2, 0.25) is 0 Å². The third-order valence-corrected chi connectivity index (χ3v) is 2.97. The van der Waals surface area contributed by atoms with Gasteiger partial charge in [0, 0.05) is 0 Å². The molecule has 3 N–H and O–H groups in total. The molecule has 0 fully saturated rings. The third-order valence-electron chi connectivity index (χ3n) is 2.97. The van der Waals surface area contributed by atoms with Crippen LogP contribution in [0, 0.1) is 13.8 Å². The smallest absolute Gasteiger partial charge is 0.277 e. The summed E-state index contributed by atoms with van der Waals surface area (Å²) in [7, 11) is 0. The Morgan fingerprint density at radius 2 is 1.83 bits per heavy atom. The molecule has 0 bridgehead atoms. The lowest BCUT2D eigenvalue weighted by Crippen LogP contribution is -2.24. The van der Waals surface area contributed by atoms with Crippen LogP contribution in [0.2, 0.25) is 0 Å². The maximum atomic E-state index is 11.7. The minimum absolute atomic E-state index is 0.152. The molecule has 120 valence electrons. The van der Waals surface area contributed by atoms with E-state index in [9.17, 15) is 15.0 Å². The summed E-state index contributed by atoms with van der Waals surface area (Å²) < 4.78 is 5.41. The topological polar surface area (TPSA) is 91.2 Å². The number of phenols is 2. The molecule has 0 saturated carbocycles. The zero-order chi connectivity index (χ0) is 16.8. The Labute approximate surface area is 134 Å². The molecule has 6 nitrogen and oxygen atoms in total. The van der Waals surface area contributed by atoms with Gasteiger partial charge < -0.3 is 14.9 Å². The van der Waals surface area contributed by atoms with Gasteiger partial charge in [-0.3, -0.25) is 4.79 Å². The van der Waals surface area contributed by atoms with Crippen molar-refractivity contribution in [2.24, 2.45) is 5.10 Å². The van der Waals surface area contributed by atoms with E-state index < -0.39 is 5.91 Å². The minimum Gasteiger partial charge on any atom is -0.504 e. The van der Waals surface area contributed by atoms with E-state index in [2.05, 4.69) is 10.5 Å². The fourth-order valence-corrected chi connectivity index (χ4v) is 2.00. The van der Waals surface area contributed by atoms with Gasteiger partial charge in [0.25, 0.3) is 5.91 Å². The lowest BCUT2D eigenvalue weighted by atomic mass is 10.1. The first-order chi connectivity index (χ1) is 10.9. The fourth-order valence-electron chi connectivity index (χ4n) is 2.00. The van der Waals surface area contributed by atoms with Crippen LogP contribution in [0.1, 0.15) is 16.7 Å². The molecule has 0 saturated heterocycles. The molecule has 0 aliphatic rings. The Balaban J connectivity index is 1.85. The van der Waals surface area contributed by atoms with Crippen molar-refractivity contribution in [2.75, 3.05) is 6.61 Å². The number of hydrazone groups is 1. The van der Waals surface area contributed by atoms with Crippen molar-refractivity contribution in [3.8, 4) is 17.2 Å². The molecule has 2 aromatic rings. The quantitative estimate of drug-likeness (QED) is 0.448. The Hall–Kier alpha value is -3.02. The van der Waals surface area contributed by atoms with E-state index >= 15 is 0 Å². The molecule has 0 unspecified atom stereocenters. The average molecular weight is 314 g/mol. The highest BCUT2D eigenvalue weighted by Gasteiger charge is 2.03.